The van der Waals surface area contributed by atoms with Crippen LogP contribution in [0.2, 0.25) is 0 Å². The summed E-state index contributed by atoms with van der Waals surface area (Å²) >= 11 is 1.47. The molecule has 3 aromatic heterocycles. The SMILES string of the molecule is Cc1ccc(-c2nc(C(=O)N(Cc3cccnc3)Cc3ccco3)cs2)cc1. The summed E-state index contributed by atoms with van der Waals surface area (Å²) in [5, 5.41) is 2.65. The first-order valence-electron chi connectivity index (χ1n) is 8.92. The van der Waals surface area contributed by atoms with Gasteiger partial charge in [-0.1, -0.05) is 35.9 Å². The minimum absolute atomic E-state index is 0.130. The van der Waals surface area contributed by atoms with Crippen LogP contribution in [-0.2, 0) is 13.1 Å². The van der Waals surface area contributed by atoms with Crippen LogP contribution in [0.1, 0.15) is 27.4 Å². The van der Waals surface area contributed by atoms with E-state index in [1.54, 1.807) is 23.6 Å². The zero-order valence-corrected chi connectivity index (χ0v) is 16.2. The molecule has 4 rings (SSSR count). The molecule has 3 heterocycles. The Morgan fingerprint density at radius 1 is 1.11 bits per heavy atom. The maximum atomic E-state index is 13.2. The van der Waals surface area contributed by atoms with Gasteiger partial charge in [0, 0.05) is 29.9 Å². The molecule has 0 spiro atoms. The van der Waals surface area contributed by atoms with Crippen LogP contribution in [-0.4, -0.2) is 20.8 Å². The van der Waals surface area contributed by atoms with E-state index < -0.39 is 0 Å². The van der Waals surface area contributed by atoms with Crippen LogP contribution >= 0.6 is 11.3 Å². The molecule has 0 unspecified atom stereocenters. The third kappa shape index (κ3) is 4.18. The zero-order chi connectivity index (χ0) is 19.3. The lowest BCUT2D eigenvalue weighted by molar-refractivity contribution is 0.0712. The van der Waals surface area contributed by atoms with E-state index >= 15 is 0 Å². The van der Waals surface area contributed by atoms with Gasteiger partial charge in [0.25, 0.3) is 5.91 Å². The van der Waals surface area contributed by atoms with E-state index in [4.69, 9.17) is 4.42 Å². The first-order valence-corrected chi connectivity index (χ1v) is 9.80. The van der Waals surface area contributed by atoms with Crippen molar-refractivity contribution in [2.75, 3.05) is 0 Å². The van der Waals surface area contributed by atoms with Gasteiger partial charge in [0.05, 0.1) is 12.8 Å². The second-order valence-corrected chi connectivity index (χ2v) is 7.36. The normalized spacial score (nSPS) is 10.8. The summed E-state index contributed by atoms with van der Waals surface area (Å²) in [5.41, 5.74) is 3.60. The largest absolute Gasteiger partial charge is 0.467 e. The molecule has 1 amide bonds. The van der Waals surface area contributed by atoms with Crippen LogP contribution in [0.25, 0.3) is 10.6 Å². The van der Waals surface area contributed by atoms with Gasteiger partial charge in [0.15, 0.2) is 0 Å². The second-order valence-electron chi connectivity index (χ2n) is 6.51. The predicted octanol–water partition coefficient (Wildman–Crippen LogP) is 4.95. The lowest BCUT2D eigenvalue weighted by atomic mass is 10.2. The molecule has 5 nitrogen and oxygen atoms in total. The maximum Gasteiger partial charge on any atom is 0.274 e. The van der Waals surface area contributed by atoms with Crippen molar-refractivity contribution in [1.82, 2.24) is 14.9 Å². The van der Waals surface area contributed by atoms with E-state index in [1.807, 2.05) is 60.8 Å². The maximum absolute atomic E-state index is 13.2. The van der Waals surface area contributed by atoms with Gasteiger partial charge >= 0.3 is 0 Å². The molecule has 0 atom stereocenters. The average Bonchev–Trinajstić information content (AvgIpc) is 3.40. The van der Waals surface area contributed by atoms with Gasteiger partial charge in [0.1, 0.15) is 16.5 Å². The molecule has 0 N–H and O–H groups in total. The number of pyridine rings is 1. The van der Waals surface area contributed by atoms with Gasteiger partial charge in [-0.25, -0.2) is 4.98 Å². The number of aryl methyl sites for hydroxylation is 1. The highest BCUT2D eigenvalue weighted by atomic mass is 32.1. The van der Waals surface area contributed by atoms with Crippen molar-refractivity contribution in [3.05, 3.63) is 95.1 Å². The Hall–Kier alpha value is -3.25. The molecule has 4 aromatic rings. The van der Waals surface area contributed by atoms with Crippen LogP contribution in [0, 0.1) is 6.92 Å². The number of hydrogen-bond acceptors (Lipinski definition) is 5. The molecule has 0 radical (unpaired) electrons. The monoisotopic (exact) mass is 389 g/mol. The van der Waals surface area contributed by atoms with Crippen molar-refractivity contribution < 1.29 is 9.21 Å². The highest BCUT2D eigenvalue weighted by Gasteiger charge is 2.21. The first-order chi connectivity index (χ1) is 13.7. The van der Waals surface area contributed by atoms with Gasteiger partial charge in [-0.15, -0.1) is 11.3 Å². The number of furan rings is 1. The molecule has 0 aliphatic carbocycles. The number of aromatic nitrogens is 2. The molecule has 0 saturated carbocycles. The third-order valence-electron chi connectivity index (χ3n) is 4.33. The third-order valence-corrected chi connectivity index (χ3v) is 5.22. The standard InChI is InChI=1S/C22H19N3O2S/c1-16-6-8-18(9-7-16)21-24-20(15-28-21)22(26)25(14-19-5-3-11-27-19)13-17-4-2-10-23-12-17/h2-12,15H,13-14H2,1H3. The number of hydrogen-bond donors (Lipinski definition) is 0. The van der Waals surface area contributed by atoms with Crippen molar-refractivity contribution >= 4 is 17.2 Å². The summed E-state index contributed by atoms with van der Waals surface area (Å²) in [6.07, 6.45) is 5.10. The average molecular weight is 389 g/mol. The number of carbonyl (C=O) groups is 1. The summed E-state index contributed by atoms with van der Waals surface area (Å²) in [4.78, 5) is 23.6. The molecule has 0 fully saturated rings. The fourth-order valence-electron chi connectivity index (χ4n) is 2.86. The molecular formula is C22H19N3O2S. The first kappa shape index (κ1) is 18.1. The van der Waals surface area contributed by atoms with Gasteiger partial charge < -0.3 is 9.32 Å². The van der Waals surface area contributed by atoms with E-state index in [2.05, 4.69) is 9.97 Å². The van der Waals surface area contributed by atoms with Crippen molar-refractivity contribution in [3.63, 3.8) is 0 Å². The van der Waals surface area contributed by atoms with Gasteiger partial charge in [0.2, 0.25) is 0 Å². The van der Waals surface area contributed by atoms with Crippen LogP contribution < -0.4 is 0 Å². The summed E-state index contributed by atoms with van der Waals surface area (Å²) in [6, 6.07) is 15.6. The Kier molecular flexibility index (Phi) is 5.30. The summed E-state index contributed by atoms with van der Waals surface area (Å²) in [5.74, 6) is 0.598. The molecular weight excluding hydrogens is 370 g/mol. The van der Waals surface area contributed by atoms with E-state index in [-0.39, 0.29) is 5.91 Å². The van der Waals surface area contributed by atoms with Gasteiger partial charge in [-0.3, -0.25) is 9.78 Å². The van der Waals surface area contributed by atoms with E-state index in [9.17, 15) is 4.79 Å². The van der Waals surface area contributed by atoms with Gasteiger partial charge in [-0.05, 0) is 30.7 Å². The van der Waals surface area contributed by atoms with Crippen molar-refractivity contribution in [2.45, 2.75) is 20.0 Å². The predicted molar refractivity (Wildman–Crippen MR) is 109 cm³/mol. The number of amides is 1. The Balaban J connectivity index is 1.58. The Bertz CT molecular complexity index is 1040. The van der Waals surface area contributed by atoms with Crippen molar-refractivity contribution in [1.29, 1.82) is 0 Å². The molecule has 1 aromatic carbocycles. The minimum Gasteiger partial charge on any atom is -0.467 e. The smallest absolute Gasteiger partial charge is 0.274 e. The van der Waals surface area contributed by atoms with Crippen molar-refractivity contribution in [3.8, 4) is 10.6 Å². The van der Waals surface area contributed by atoms with E-state index in [1.165, 1.54) is 16.9 Å². The van der Waals surface area contributed by atoms with Crippen LogP contribution in [0.5, 0.6) is 0 Å². The molecule has 140 valence electrons. The Labute approximate surface area is 167 Å². The number of benzene rings is 1. The Morgan fingerprint density at radius 3 is 2.68 bits per heavy atom. The van der Waals surface area contributed by atoms with Crippen LogP contribution in [0.15, 0.2) is 77.0 Å². The minimum atomic E-state index is -0.130. The fraction of sp³-hybridized carbons (Fsp3) is 0.136. The van der Waals surface area contributed by atoms with Crippen molar-refractivity contribution in [2.24, 2.45) is 0 Å². The van der Waals surface area contributed by atoms with Crippen LogP contribution in [0.3, 0.4) is 0 Å². The molecule has 0 aliphatic heterocycles. The highest BCUT2D eigenvalue weighted by Crippen LogP contribution is 2.25. The van der Waals surface area contributed by atoms with E-state index in [0.717, 1.165) is 21.9 Å². The Morgan fingerprint density at radius 2 is 1.96 bits per heavy atom. The number of carbonyl (C=O) groups excluding carboxylic acids is 1. The number of rotatable bonds is 6. The number of thiazole rings is 1. The molecule has 0 aliphatic rings. The fourth-order valence-corrected chi connectivity index (χ4v) is 3.66. The number of nitrogens with zero attached hydrogens (tertiary/aromatic N) is 3. The van der Waals surface area contributed by atoms with Gasteiger partial charge in [-0.2, -0.15) is 0 Å². The zero-order valence-electron chi connectivity index (χ0n) is 15.4. The van der Waals surface area contributed by atoms with Crippen LogP contribution in [0.4, 0.5) is 0 Å². The van der Waals surface area contributed by atoms with E-state index in [0.29, 0.717) is 18.8 Å². The molecule has 28 heavy (non-hydrogen) atoms. The summed E-state index contributed by atoms with van der Waals surface area (Å²) in [7, 11) is 0. The summed E-state index contributed by atoms with van der Waals surface area (Å²) < 4.78 is 5.45. The lowest BCUT2D eigenvalue weighted by Gasteiger charge is -2.20. The summed E-state index contributed by atoms with van der Waals surface area (Å²) in [6.45, 7) is 2.86. The molecule has 0 saturated heterocycles. The quantitative estimate of drug-likeness (QED) is 0.468. The second kappa shape index (κ2) is 8.19. The highest BCUT2D eigenvalue weighted by molar-refractivity contribution is 7.13. The topological polar surface area (TPSA) is 59.2 Å². The molecule has 0 bridgehead atoms. The lowest BCUT2D eigenvalue weighted by Crippen LogP contribution is -2.30. The molecule has 6 heteroatoms.